The van der Waals surface area contributed by atoms with Gasteiger partial charge in [0.2, 0.25) is 0 Å². The minimum Gasteiger partial charge on any atom is -0.469 e. The van der Waals surface area contributed by atoms with Gasteiger partial charge in [0, 0.05) is 29.4 Å². The molecule has 3 N–H and O–H groups in total. The first-order valence-electron chi connectivity index (χ1n) is 10.9. The summed E-state index contributed by atoms with van der Waals surface area (Å²) in [5.41, 5.74) is 0.654. The van der Waals surface area contributed by atoms with Gasteiger partial charge in [0.25, 0.3) is 0 Å². The van der Waals surface area contributed by atoms with Gasteiger partial charge in [0.1, 0.15) is 0 Å². The van der Waals surface area contributed by atoms with Crippen LogP contribution < -0.4 is 0 Å². The zero-order chi connectivity index (χ0) is 21.8. The molecule has 0 spiro atoms. The fourth-order valence-electron chi connectivity index (χ4n) is 4.19. The van der Waals surface area contributed by atoms with Crippen molar-refractivity contribution in [1.82, 2.24) is 0 Å². The highest BCUT2D eigenvalue weighted by Gasteiger charge is 2.39. The molecule has 2 rings (SSSR count). The molecule has 1 aliphatic rings. The average Bonchev–Trinajstić information content (AvgIpc) is 3.08. The number of methoxy groups -OCH3 is 1. The first kappa shape index (κ1) is 24.7. The van der Waals surface area contributed by atoms with E-state index in [-0.39, 0.29) is 17.8 Å². The van der Waals surface area contributed by atoms with E-state index in [1.165, 1.54) is 7.11 Å². The molecular weight excluding hydrogens is 402 g/mol. The largest absolute Gasteiger partial charge is 0.469 e. The summed E-state index contributed by atoms with van der Waals surface area (Å²) in [5, 5.41) is 33.7. The molecule has 0 saturated heterocycles. The van der Waals surface area contributed by atoms with Gasteiger partial charge >= 0.3 is 5.97 Å². The molecule has 30 heavy (non-hydrogen) atoms. The van der Waals surface area contributed by atoms with Gasteiger partial charge in [-0.15, -0.1) is 11.8 Å². The number of nitrogens with zero attached hydrogens (tertiary/aromatic N) is 1. The topological polar surface area (TPSA) is 99.4 Å². The third-order valence-electron chi connectivity index (χ3n) is 5.88. The van der Waals surface area contributed by atoms with E-state index in [1.807, 2.05) is 30.3 Å². The average molecular weight is 438 g/mol. The standard InChI is InChI=1S/C23H35NO5S/c1-29-23(27)12-8-3-2-7-11-20-19(21(24-28)15-22(20)26)14-13-17(25)16-30-18-9-5-4-6-10-18/h4-6,9-10,17,19-20,22,25-26,28H,2-3,7-8,11-16H2,1H3/b24-21-. The number of benzene rings is 1. The van der Waals surface area contributed by atoms with Crippen molar-refractivity contribution in [1.29, 1.82) is 0 Å². The Labute approximate surface area is 183 Å². The van der Waals surface area contributed by atoms with Gasteiger partial charge in [-0.2, -0.15) is 0 Å². The molecule has 7 heteroatoms. The number of carbonyl (C=O) groups excluding carboxylic acids is 1. The number of aliphatic hydroxyl groups is 2. The monoisotopic (exact) mass is 437 g/mol. The van der Waals surface area contributed by atoms with E-state index < -0.39 is 12.2 Å². The van der Waals surface area contributed by atoms with Crippen LogP contribution in [0.25, 0.3) is 0 Å². The van der Waals surface area contributed by atoms with Crippen molar-refractivity contribution in [3.63, 3.8) is 0 Å². The van der Waals surface area contributed by atoms with E-state index in [2.05, 4.69) is 9.89 Å². The molecule has 1 aromatic rings. The van der Waals surface area contributed by atoms with Crippen molar-refractivity contribution in [3.8, 4) is 0 Å². The molecular formula is C23H35NO5S. The van der Waals surface area contributed by atoms with Crippen LogP contribution in [0.3, 0.4) is 0 Å². The number of rotatable bonds is 13. The normalized spacial score (nSPS) is 23.6. The Kier molecular flexibility index (Phi) is 11.3. The number of thioether (sulfide) groups is 1. The Morgan fingerprint density at radius 1 is 1.20 bits per heavy atom. The zero-order valence-corrected chi connectivity index (χ0v) is 18.6. The third-order valence-corrected chi connectivity index (χ3v) is 7.04. The molecule has 0 aromatic heterocycles. The summed E-state index contributed by atoms with van der Waals surface area (Å²) < 4.78 is 4.65. The maximum Gasteiger partial charge on any atom is 0.305 e. The van der Waals surface area contributed by atoms with E-state index in [0.717, 1.165) is 37.0 Å². The van der Waals surface area contributed by atoms with Crippen LogP contribution in [0.2, 0.25) is 0 Å². The first-order valence-corrected chi connectivity index (χ1v) is 11.8. The number of oxime groups is 1. The lowest BCUT2D eigenvalue weighted by Gasteiger charge is -2.23. The van der Waals surface area contributed by atoms with E-state index in [9.17, 15) is 20.2 Å². The van der Waals surface area contributed by atoms with Gasteiger partial charge in [-0.25, -0.2) is 0 Å². The molecule has 0 aliphatic heterocycles. The summed E-state index contributed by atoms with van der Waals surface area (Å²) in [6, 6.07) is 10.0. The summed E-state index contributed by atoms with van der Waals surface area (Å²) in [5.74, 6) is 0.520. The molecule has 4 unspecified atom stereocenters. The molecule has 4 atom stereocenters. The highest BCUT2D eigenvalue weighted by molar-refractivity contribution is 7.99. The second-order valence-electron chi connectivity index (χ2n) is 8.02. The van der Waals surface area contributed by atoms with Crippen LogP contribution >= 0.6 is 11.8 Å². The number of aliphatic hydroxyl groups excluding tert-OH is 2. The van der Waals surface area contributed by atoms with Gasteiger partial charge in [0.05, 0.1) is 25.0 Å². The highest BCUT2D eigenvalue weighted by atomic mass is 32.2. The van der Waals surface area contributed by atoms with Gasteiger partial charge in [-0.3, -0.25) is 4.79 Å². The predicted molar refractivity (Wildman–Crippen MR) is 119 cm³/mol. The third kappa shape index (κ3) is 8.28. The van der Waals surface area contributed by atoms with Crippen LogP contribution in [0, 0.1) is 11.8 Å². The maximum atomic E-state index is 11.1. The molecule has 1 aromatic carbocycles. The summed E-state index contributed by atoms with van der Waals surface area (Å²) in [6.45, 7) is 0. The lowest BCUT2D eigenvalue weighted by atomic mass is 9.85. The molecule has 168 valence electrons. The van der Waals surface area contributed by atoms with E-state index in [4.69, 9.17) is 0 Å². The quantitative estimate of drug-likeness (QED) is 0.140. The molecule has 0 heterocycles. The SMILES string of the molecule is COC(=O)CCCCCCC1C(O)C/C(=N/O)C1CCC(O)CSc1ccccc1. The van der Waals surface area contributed by atoms with Crippen LogP contribution in [0.15, 0.2) is 40.4 Å². The van der Waals surface area contributed by atoms with Crippen molar-refractivity contribution in [2.75, 3.05) is 12.9 Å². The van der Waals surface area contributed by atoms with Crippen LogP contribution in [0.1, 0.15) is 57.8 Å². The summed E-state index contributed by atoms with van der Waals surface area (Å²) in [4.78, 5) is 12.3. The van der Waals surface area contributed by atoms with Crippen LogP contribution in [-0.2, 0) is 9.53 Å². The lowest BCUT2D eigenvalue weighted by Crippen LogP contribution is -2.23. The first-order chi connectivity index (χ1) is 14.5. The van der Waals surface area contributed by atoms with E-state index >= 15 is 0 Å². The maximum absolute atomic E-state index is 11.1. The number of esters is 1. The molecule has 1 aliphatic carbocycles. The lowest BCUT2D eigenvalue weighted by molar-refractivity contribution is -0.140. The highest BCUT2D eigenvalue weighted by Crippen LogP contribution is 2.37. The Morgan fingerprint density at radius 2 is 1.93 bits per heavy atom. The number of hydrogen-bond donors (Lipinski definition) is 3. The molecule has 1 fully saturated rings. The molecule has 1 saturated carbocycles. The zero-order valence-electron chi connectivity index (χ0n) is 17.8. The summed E-state index contributed by atoms with van der Waals surface area (Å²) >= 11 is 1.63. The van der Waals surface area contributed by atoms with Gasteiger partial charge in [-0.05, 0) is 43.7 Å². The van der Waals surface area contributed by atoms with E-state index in [0.29, 0.717) is 37.1 Å². The smallest absolute Gasteiger partial charge is 0.305 e. The molecule has 0 bridgehead atoms. The molecule has 0 amide bonds. The van der Waals surface area contributed by atoms with E-state index in [1.54, 1.807) is 11.8 Å². The predicted octanol–water partition coefficient (Wildman–Crippen LogP) is 4.26. The second-order valence-corrected chi connectivity index (χ2v) is 9.11. The molecule has 0 radical (unpaired) electrons. The minimum atomic E-state index is -0.494. The number of ether oxygens (including phenoxy) is 1. The van der Waals surface area contributed by atoms with Gasteiger partial charge in [0.15, 0.2) is 0 Å². The van der Waals surface area contributed by atoms with Crippen LogP contribution in [-0.4, -0.2) is 52.2 Å². The summed E-state index contributed by atoms with van der Waals surface area (Å²) in [6.07, 6.45) is 5.84. The number of unbranched alkanes of at least 4 members (excludes halogenated alkanes) is 3. The number of carbonyl (C=O) groups is 1. The van der Waals surface area contributed by atoms with Crippen molar-refractivity contribution < 1.29 is 25.0 Å². The molecule has 6 nitrogen and oxygen atoms in total. The van der Waals surface area contributed by atoms with Crippen molar-refractivity contribution in [3.05, 3.63) is 30.3 Å². The fraction of sp³-hybridized carbons (Fsp3) is 0.652. The fourth-order valence-corrected chi connectivity index (χ4v) is 5.09. The van der Waals surface area contributed by atoms with Crippen LogP contribution in [0.5, 0.6) is 0 Å². The Balaban J connectivity index is 1.74. The minimum absolute atomic E-state index is 0.0106. The van der Waals surface area contributed by atoms with Crippen molar-refractivity contribution in [2.24, 2.45) is 17.0 Å². The van der Waals surface area contributed by atoms with Crippen molar-refractivity contribution in [2.45, 2.75) is 74.9 Å². The Hall–Kier alpha value is -1.57. The Morgan fingerprint density at radius 3 is 2.63 bits per heavy atom. The van der Waals surface area contributed by atoms with Gasteiger partial charge in [-0.1, -0.05) is 42.6 Å². The summed E-state index contributed by atoms with van der Waals surface area (Å²) in [7, 11) is 1.40. The number of hydrogen-bond acceptors (Lipinski definition) is 7. The Bertz CT molecular complexity index is 654. The van der Waals surface area contributed by atoms with Gasteiger partial charge < -0.3 is 20.2 Å². The second kappa shape index (κ2) is 13.7. The van der Waals surface area contributed by atoms with Crippen molar-refractivity contribution >= 4 is 23.4 Å². The van der Waals surface area contributed by atoms with Crippen LogP contribution in [0.4, 0.5) is 0 Å².